The molecule has 1 aromatic carbocycles. The van der Waals surface area contributed by atoms with Crippen molar-refractivity contribution in [3.05, 3.63) is 48.0 Å². The van der Waals surface area contributed by atoms with Crippen LogP contribution in [0.4, 0.5) is 0 Å². The molecule has 0 radical (unpaired) electrons. The summed E-state index contributed by atoms with van der Waals surface area (Å²) in [5, 5.41) is 3.69. The van der Waals surface area contributed by atoms with Crippen molar-refractivity contribution in [2.75, 3.05) is 6.54 Å². The second-order valence-electron chi connectivity index (χ2n) is 5.44. The molecular formula is C17H25N. The zero-order valence-electron chi connectivity index (χ0n) is 11.7. The molecule has 0 saturated heterocycles. The van der Waals surface area contributed by atoms with Gasteiger partial charge in [-0.1, -0.05) is 56.3 Å². The van der Waals surface area contributed by atoms with E-state index in [1.807, 2.05) is 0 Å². The van der Waals surface area contributed by atoms with E-state index in [1.54, 1.807) is 0 Å². The van der Waals surface area contributed by atoms with Gasteiger partial charge in [-0.2, -0.15) is 0 Å². The quantitative estimate of drug-likeness (QED) is 0.712. The first-order chi connectivity index (χ1) is 8.73. The van der Waals surface area contributed by atoms with E-state index in [-0.39, 0.29) is 0 Å². The first-order valence-electron chi connectivity index (χ1n) is 7.18. The van der Waals surface area contributed by atoms with Gasteiger partial charge >= 0.3 is 0 Å². The maximum Gasteiger partial charge on any atom is 0.0201 e. The van der Waals surface area contributed by atoms with Gasteiger partial charge in [-0.3, -0.25) is 0 Å². The second-order valence-corrected chi connectivity index (χ2v) is 5.44. The minimum atomic E-state index is 0.370. The molecule has 1 nitrogen and oxygen atoms in total. The second kappa shape index (κ2) is 5.71. The first-order valence-corrected chi connectivity index (χ1v) is 7.18. The van der Waals surface area contributed by atoms with Gasteiger partial charge in [0.25, 0.3) is 0 Å². The van der Waals surface area contributed by atoms with Gasteiger partial charge in [0.05, 0.1) is 0 Å². The molecule has 1 aliphatic carbocycles. The zero-order valence-corrected chi connectivity index (χ0v) is 11.7. The van der Waals surface area contributed by atoms with Crippen molar-refractivity contribution in [3.8, 4) is 0 Å². The van der Waals surface area contributed by atoms with Crippen LogP contribution in [0, 0.1) is 0 Å². The minimum absolute atomic E-state index is 0.370. The lowest BCUT2D eigenvalue weighted by atomic mass is 9.84. The Balaban J connectivity index is 2.17. The molecule has 0 heterocycles. The van der Waals surface area contributed by atoms with Gasteiger partial charge in [-0.15, -0.1) is 0 Å². The monoisotopic (exact) mass is 243 g/mol. The van der Waals surface area contributed by atoms with Crippen molar-refractivity contribution in [3.63, 3.8) is 0 Å². The van der Waals surface area contributed by atoms with E-state index < -0.39 is 0 Å². The third-order valence-electron chi connectivity index (χ3n) is 4.25. The summed E-state index contributed by atoms with van der Waals surface area (Å²) in [6, 6.07) is 11.5. The number of likely N-dealkylation sites (N-methyl/N-ethyl adjacent to an activating group) is 1. The Bertz CT molecular complexity index is 389. The van der Waals surface area contributed by atoms with Crippen LogP contribution in [0.2, 0.25) is 0 Å². The van der Waals surface area contributed by atoms with Crippen LogP contribution in [0.5, 0.6) is 0 Å². The van der Waals surface area contributed by atoms with E-state index in [0.717, 1.165) is 19.4 Å². The lowest BCUT2D eigenvalue weighted by molar-refractivity contribution is 0.418. The molecule has 0 spiro atoms. The Kier molecular flexibility index (Phi) is 4.23. The van der Waals surface area contributed by atoms with Crippen LogP contribution in [0.15, 0.2) is 42.5 Å². The summed E-state index contributed by atoms with van der Waals surface area (Å²) in [7, 11) is 0. The fourth-order valence-corrected chi connectivity index (χ4v) is 2.89. The molecule has 18 heavy (non-hydrogen) atoms. The lowest BCUT2D eigenvalue weighted by Gasteiger charge is -2.29. The summed E-state index contributed by atoms with van der Waals surface area (Å²) in [6.45, 7) is 9.63. The Hall–Kier alpha value is -1.08. The van der Waals surface area contributed by atoms with Gasteiger partial charge in [0.1, 0.15) is 0 Å². The van der Waals surface area contributed by atoms with Crippen molar-refractivity contribution in [2.45, 2.75) is 51.0 Å². The molecule has 1 unspecified atom stereocenters. The van der Waals surface area contributed by atoms with Crippen LogP contribution in [0.3, 0.4) is 0 Å². The number of nitrogens with one attached hydrogen (secondary N) is 1. The molecule has 98 valence electrons. The van der Waals surface area contributed by atoms with Crippen molar-refractivity contribution >= 4 is 0 Å². The maximum absolute atomic E-state index is 4.19. The average molecular weight is 243 g/mol. The van der Waals surface area contributed by atoms with Gasteiger partial charge in [-0.25, -0.2) is 0 Å². The van der Waals surface area contributed by atoms with Gasteiger partial charge in [0.2, 0.25) is 0 Å². The maximum atomic E-state index is 4.19. The summed E-state index contributed by atoms with van der Waals surface area (Å²) < 4.78 is 0. The molecule has 1 heteroatoms. The molecule has 1 N–H and O–H groups in total. The van der Waals surface area contributed by atoms with E-state index in [2.05, 4.69) is 56.1 Å². The van der Waals surface area contributed by atoms with Crippen LogP contribution >= 0.6 is 0 Å². The predicted octanol–water partition coefficient (Wildman–Crippen LogP) is 4.05. The highest BCUT2D eigenvalue weighted by atomic mass is 14.9. The number of benzene rings is 1. The molecule has 2 rings (SSSR count). The van der Waals surface area contributed by atoms with E-state index in [4.69, 9.17) is 0 Å². The summed E-state index contributed by atoms with van der Waals surface area (Å²) >= 11 is 0. The molecule has 1 aromatic rings. The molecule has 1 saturated carbocycles. The first kappa shape index (κ1) is 13.4. The fourth-order valence-electron chi connectivity index (χ4n) is 2.89. The number of rotatable bonds is 7. The molecule has 0 bridgehead atoms. The van der Waals surface area contributed by atoms with Crippen LogP contribution in [-0.2, 0) is 5.41 Å². The topological polar surface area (TPSA) is 12.0 Å². The van der Waals surface area contributed by atoms with Crippen molar-refractivity contribution in [2.24, 2.45) is 0 Å². The van der Waals surface area contributed by atoms with Crippen molar-refractivity contribution in [1.29, 1.82) is 0 Å². The van der Waals surface area contributed by atoms with Gasteiger partial charge in [-0.05, 0) is 37.8 Å². The predicted molar refractivity (Wildman–Crippen MR) is 78.9 cm³/mol. The van der Waals surface area contributed by atoms with Crippen molar-refractivity contribution < 1.29 is 0 Å². The lowest BCUT2D eigenvalue weighted by Crippen LogP contribution is -2.40. The van der Waals surface area contributed by atoms with Crippen LogP contribution in [-0.4, -0.2) is 12.6 Å². The molecule has 0 aromatic heterocycles. The normalized spacial score (nSPS) is 18.3. The van der Waals surface area contributed by atoms with Crippen LogP contribution in [0.1, 0.15) is 45.1 Å². The van der Waals surface area contributed by atoms with Gasteiger partial charge < -0.3 is 5.32 Å². The van der Waals surface area contributed by atoms with Crippen LogP contribution in [0.25, 0.3) is 0 Å². The van der Waals surface area contributed by atoms with Gasteiger partial charge in [0, 0.05) is 11.5 Å². The zero-order chi connectivity index (χ0) is 13.0. The Labute approximate surface area is 111 Å². The van der Waals surface area contributed by atoms with E-state index >= 15 is 0 Å². The Morgan fingerprint density at radius 1 is 1.28 bits per heavy atom. The van der Waals surface area contributed by atoms with E-state index in [1.165, 1.54) is 24.0 Å². The van der Waals surface area contributed by atoms with Crippen molar-refractivity contribution in [1.82, 2.24) is 5.32 Å². The average Bonchev–Trinajstić information content (AvgIpc) is 3.20. The van der Waals surface area contributed by atoms with E-state index in [9.17, 15) is 0 Å². The third-order valence-corrected chi connectivity index (χ3v) is 4.25. The number of hydrogen-bond acceptors (Lipinski definition) is 1. The molecule has 1 aliphatic rings. The smallest absolute Gasteiger partial charge is 0.0201 e. The standard InChI is InChI=1S/C17H25N/c1-4-14(3)13-16(18-5-2)17(11-12-17)15-9-7-6-8-10-15/h6-10,16,18H,3-5,11-13H2,1-2H3. The summed E-state index contributed by atoms with van der Waals surface area (Å²) in [5.74, 6) is 0. The SMILES string of the molecule is C=C(CC)CC(NCC)C1(c2ccccc2)CC1. The highest BCUT2D eigenvalue weighted by Crippen LogP contribution is 2.52. The van der Waals surface area contributed by atoms with Gasteiger partial charge in [0.15, 0.2) is 0 Å². The number of hydrogen-bond donors (Lipinski definition) is 1. The highest BCUT2D eigenvalue weighted by molar-refractivity contribution is 5.34. The summed E-state index contributed by atoms with van der Waals surface area (Å²) in [5.41, 5.74) is 3.23. The highest BCUT2D eigenvalue weighted by Gasteiger charge is 2.49. The summed E-state index contributed by atoms with van der Waals surface area (Å²) in [4.78, 5) is 0. The Morgan fingerprint density at radius 3 is 2.44 bits per heavy atom. The molecule has 0 amide bonds. The van der Waals surface area contributed by atoms with E-state index in [0.29, 0.717) is 11.5 Å². The summed E-state index contributed by atoms with van der Waals surface area (Å²) in [6.07, 6.45) is 4.82. The molecule has 0 aliphatic heterocycles. The minimum Gasteiger partial charge on any atom is -0.313 e. The molecule has 1 fully saturated rings. The fraction of sp³-hybridized carbons (Fsp3) is 0.529. The van der Waals surface area contributed by atoms with Crippen LogP contribution < -0.4 is 5.32 Å². The largest absolute Gasteiger partial charge is 0.313 e. The molecule has 1 atom stereocenters. The molecular weight excluding hydrogens is 218 g/mol. The Morgan fingerprint density at radius 2 is 1.94 bits per heavy atom. The third kappa shape index (κ3) is 2.67.